The molecule has 4 rings (SSSR count). The van der Waals surface area contributed by atoms with E-state index in [-0.39, 0.29) is 23.4 Å². The second-order valence-electron chi connectivity index (χ2n) is 9.37. The molecule has 0 aromatic carbocycles. The normalized spacial score (nSPS) is 43.3. The molecule has 0 amide bonds. The van der Waals surface area contributed by atoms with Gasteiger partial charge in [0.1, 0.15) is 6.10 Å². The molecule has 1 unspecified atom stereocenters. The van der Waals surface area contributed by atoms with Crippen LogP contribution in [0.2, 0.25) is 0 Å². The molecule has 0 aliphatic heterocycles. The standard InChI is InChI=1S/C22H30O4/c1-12(23)20(26)22(3)9-7-17-15-5-4-13-10-14(24)11-18(25)19(13)16(15)6-8-21(17,22)2/h10,12,15,17-18,23,25H,4-9,11H2,1-3H3/t12?,15-,17+,18+,21+,22+/m1/s1. The first-order valence-corrected chi connectivity index (χ1v) is 10.1. The smallest absolute Gasteiger partial charge is 0.167 e. The number of carbonyl (C=O) groups is 2. The summed E-state index contributed by atoms with van der Waals surface area (Å²) in [5, 5.41) is 20.5. The van der Waals surface area contributed by atoms with E-state index < -0.39 is 17.6 Å². The van der Waals surface area contributed by atoms with Gasteiger partial charge in [-0.25, -0.2) is 0 Å². The van der Waals surface area contributed by atoms with Crippen molar-refractivity contribution in [2.24, 2.45) is 22.7 Å². The molecule has 0 saturated heterocycles. The molecule has 2 N–H and O–H groups in total. The molecule has 2 fully saturated rings. The lowest BCUT2D eigenvalue weighted by atomic mass is 9.51. The lowest BCUT2D eigenvalue weighted by molar-refractivity contribution is -0.144. The number of hydrogen-bond acceptors (Lipinski definition) is 4. The van der Waals surface area contributed by atoms with Gasteiger partial charge >= 0.3 is 0 Å². The van der Waals surface area contributed by atoms with Gasteiger partial charge < -0.3 is 10.2 Å². The molecule has 0 radical (unpaired) electrons. The van der Waals surface area contributed by atoms with Crippen molar-refractivity contribution in [3.63, 3.8) is 0 Å². The fourth-order valence-corrected chi connectivity index (χ4v) is 6.74. The highest BCUT2D eigenvalue weighted by Crippen LogP contribution is 2.67. The van der Waals surface area contributed by atoms with Crippen LogP contribution in [-0.2, 0) is 9.59 Å². The van der Waals surface area contributed by atoms with Crippen molar-refractivity contribution in [3.05, 3.63) is 22.8 Å². The van der Waals surface area contributed by atoms with E-state index in [2.05, 4.69) is 13.8 Å². The highest BCUT2D eigenvalue weighted by molar-refractivity contribution is 5.94. The Morgan fingerprint density at radius 3 is 2.65 bits per heavy atom. The lowest BCUT2D eigenvalue weighted by Crippen LogP contribution is -2.50. The number of aliphatic hydroxyl groups excluding tert-OH is 2. The fourth-order valence-electron chi connectivity index (χ4n) is 6.74. The first kappa shape index (κ1) is 18.1. The van der Waals surface area contributed by atoms with E-state index in [4.69, 9.17) is 0 Å². The van der Waals surface area contributed by atoms with Crippen molar-refractivity contribution in [2.45, 2.75) is 77.9 Å². The summed E-state index contributed by atoms with van der Waals surface area (Å²) in [6.07, 6.45) is 5.86. The third-order valence-corrected chi connectivity index (χ3v) is 8.28. The maximum Gasteiger partial charge on any atom is 0.167 e. The minimum absolute atomic E-state index is 0.0155. The summed E-state index contributed by atoms with van der Waals surface area (Å²) in [6, 6.07) is 0. The summed E-state index contributed by atoms with van der Waals surface area (Å²) in [5.74, 6) is 0.829. The number of Topliss-reactive ketones (excluding diaryl/α,β-unsaturated/α-hetero) is 1. The minimum Gasteiger partial charge on any atom is -0.388 e. The summed E-state index contributed by atoms with van der Waals surface area (Å²) in [7, 11) is 0. The van der Waals surface area contributed by atoms with E-state index in [1.807, 2.05) is 0 Å². The minimum atomic E-state index is -0.914. The van der Waals surface area contributed by atoms with Crippen LogP contribution in [0.4, 0.5) is 0 Å². The zero-order valence-electron chi connectivity index (χ0n) is 16.0. The molecule has 2 saturated carbocycles. The van der Waals surface area contributed by atoms with E-state index >= 15 is 0 Å². The van der Waals surface area contributed by atoms with Gasteiger partial charge in [0, 0.05) is 11.8 Å². The average Bonchev–Trinajstić information content (AvgIpc) is 2.86. The third-order valence-electron chi connectivity index (χ3n) is 8.28. The van der Waals surface area contributed by atoms with Crippen LogP contribution in [0, 0.1) is 22.7 Å². The van der Waals surface area contributed by atoms with Gasteiger partial charge in [0.25, 0.3) is 0 Å². The maximum atomic E-state index is 12.9. The van der Waals surface area contributed by atoms with Gasteiger partial charge in [-0.15, -0.1) is 0 Å². The quantitative estimate of drug-likeness (QED) is 0.795. The van der Waals surface area contributed by atoms with E-state index in [1.165, 1.54) is 5.57 Å². The molecule has 0 heterocycles. The van der Waals surface area contributed by atoms with Crippen molar-refractivity contribution >= 4 is 11.6 Å². The number of carbonyl (C=O) groups excluding carboxylic acids is 2. The molecule has 0 spiro atoms. The third kappa shape index (κ3) is 2.27. The SMILES string of the molecule is CC(O)C(=O)[C@]1(C)CC[C@H]2[C@@H]3CCC4=CC(=O)C[C@H](O)C4=C3CC[C@@]21C. The molecule has 4 aliphatic carbocycles. The predicted octanol–water partition coefficient (Wildman–Crippen LogP) is 3.12. The van der Waals surface area contributed by atoms with Crippen LogP contribution in [-0.4, -0.2) is 34.0 Å². The molecule has 0 aromatic rings. The molecule has 4 nitrogen and oxygen atoms in total. The van der Waals surface area contributed by atoms with Crippen LogP contribution in [0.1, 0.15) is 65.7 Å². The zero-order chi connectivity index (χ0) is 18.9. The van der Waals surface area contributed by atoms with E-state index in [0.717, 1.165) is 49.7 Å². The van der Waals surface area contributed by atoms with Gasteiger partial charge in [0.2, 0.25) is 0 Å². The van der Waals surface area contributed by atoms with Gasteiger partial charge in [0.05, 0.1) is 6.10 Å². The molecule has 0 aromatic heterocycles. The fraction of sp³-hybridized carbons (Fsp3) is 0.727. The summed E-state index contributed by atoms with van der Waals surface area (Å²) in [6.45, 7) is 5.90. The van der Waals surface area contributed by atoms with Gasteiger partial charge in [0.15, 0.2) is 11.6 Å². The second-order valence-corrected chi connectivity index (χ2v) is 9.37. The Morgan fingerprint density at radius 1 is 1.23 bits per heavy atom. The number of allylic oxidation sites excluding steroid dienone is 2. The predicted molar refractivity (Wildman–Crippen MR) is 98.3 cm³/mol. The number of aliphatic hydroxyl groups is 2. The van der Waals surface area contributed by atoms with Crippen LogP contribution >= 0.6 is 0 Å². The number of fused-ring (bicyclic) bond motifs is 4. The van der Waals surface area contributed by atoms with Crippen LogP contribution in [0.25, 0.3) is 0 Å². The van der Waals surface area contributed by atoms with Crippen molar-refractivity contribution in [2.75, 3.05) is 0 Å². The largest absolute Gasteiger partial charge is 0.388 e. The Hall–Kier alpha value is -1.26. The highest BCUT2D eigenvalue weighted by Gasteiger charge is 2.62. The average molecular weight is 358 g/mol. The molecular formula is C22H30O4. The van der Waals surface area contributed by atoms with Crippen molar-refractivity contribution in [1.82, 2.24) is 0 Å². The molecule has 142 valence electrons. The molecule has 6 atom stereocenters. The first-order valence-electron chi connectivity index (χ1n) is 10.1. The molecule has 26 heavy (non-hydrogen) atoms. The summed E-state index contributed by atoms with van der Waals surface area (Å²) >= 11 is 0. The van der Waals surface area contributed by atoms with Crippen LogP contribution in [0.15, 0.2) is 22.8 Å². The topological polar surface area (TPSA) is 74.6 Å². The maximum absolute atomic E-state index is 12.9. The van der Waals surface area contributed by atoms with Crippen molar-refractivity contribution in [3.8, 4) is 0 Å². The Morgan fingerprint density at radius 2 is 1.96 bits per heavy atom. The van der Waals surface area contributed by atoms with Crippen LogP contribution in [0.3, 0.4) is 0 Å². The molecule has 0 bridgehead atoms. The van der Waals surface area contributed by atoms with Crippen LogP contribution < -0.4 is 0 Å². The Balaban J connectivity index is 1.74. The Labute approximate surface area is 155 Å². The van der Waals surface area contributed by atoms with Gasteiger partial charge in [-0.2, -0.15) is 0 Å². The Bertz CT molecular complexity index is 730. The number of hydrogen-bond donors (Lipinski definition) is 2. The van der Waals surface area contributed by atoms with Crippen LogP contribution in [0.5, 0.6) is 0 Å². The number of rotatable bonds is 2. The summed E-state index contributed by atoms with van der Waals surface area (Å²) in [5.41, 5.74) is 2.85. The molecule has 4 aliphatic rings. The highest BCUT2D eigenvalue weighted by atomic mass is 16.3. The van der Waals surface area contributed by atoms with Gasteiger partial charge in [-0.1, -0.05) is 19.4 Å². The van der Waals surface area contributed by atoms with Gasteiger partial charge in [-0.3, -0.25) is 9.59 Å². The summed E-state index contributed by atoms with van der Waals surface area (Å²) in [4.78, 5) is 24.7. The Kier molecular flexibility index (Phi) is 4.09. The van der Waals surface area contributed by atoms with Gasteiger partial charge in [-0.05, 0) is 79.9 Å². The molecular weight excluding hydrogens is 328 g/mol. The first-order chi connectivity index (χ1) is 12.2. The van der Waals surface area contributed by atoms with Crippen molar-refractivity contribution in [1.29, 1.82) is 0 Å². The van der Waals surface area contributed by atoms with E-state index in [0.29, 0.717) is 11.8 Å². The number of ketones is 2. The second kappa shape index (κ2) is 5.87. The van der Waals surface area contributed by atoms with E-state index in [9.17, 15) is 19.8 Å². The molecule has 4 heteroatoms. The zero-order valence-corrected chi connectivity index (χ0v) is 16.0. The van der Waals surface area contributed by atoms with Crippen molar-refractivity contribution < 1.29 is 19.8 Å². The monoisotopic (exact) mass is 358 g/mol. The lowest BCUT2D eigenvalue weighted by Gasteiger charge is -2.52. The summed E-state index contributed by atoms with van der Waals surface area (Å²) < 4.78 is 0. The van der Waals surface area contributed by atoms with E-state index in [1.54, 1.807) is 13.0 Å².